The van der Waals surface area contributed by atoms with Crippen LogP contribution in [0.3, 0.4) is 0 Å². The summed E-state index contributed by atoms with van der Waals surface area (Å²) in [5.41, 5.74) is 1.03. The Hall–Kier alpha value is -0.995. The predicted molar refractivity (Wildman–Crippen MR) is 69.7 cm³/mol. The molecule has 0 aliphatic heterocycles. The zero-order chi connectivity index (χ0) is 12.7. The third kappa shape index (κ3) is 5.24. The highest BCUT2D eigenvalue weighted by molar-refractivity contribution is 6.33. The Morgan fingerprint density at radius 2 is 2.00 bits per heavy atom. The van der Waals surface area contributed by atoms with Crippen molar-refractivity contribution in [1.29, 1.82) is 0 Å². The quantitative estimate of drug-likeness (QED) is 0.714. The van der Waals surface area contributed by atoms with Crippen LogP contribution in [0, 0.1) is 5.92 Å². The molecule has 0 bridgehead atoms. The number of unbranched alkanes of at least 4 members (excludes halogenated alkanes) is 1. The molecule has 0 fully saturated rings. The van der Waals surface area contributed by atoms with Gasteiger partial charge in [0.15, 0.2) is 0 Å². The molecule has 0 saturated heterocycles. The number of rotatable bonds is 7. The highest BCUT2D eigenvalue weighted by Gasteiger charge is 2.15. The second-order valence-electron chi connectivity index (χ2n) is 4.50. The van der Waals surface area contributed by atoms with Gasteiger partial charge >= 0.3 is 7.32 Å². The van der Waals surface area contributed by atoms with Crippen molar-refractivity contribution in [2.75, 3.05) is 0 Å². The van der Waals surface area contributed by atoms with Crippen molar-refractivity contribution in [3.05, 3.63) is 29.8 Å². The van der Waals surface area contributed by atoms with Crippen LogP contribution in [0.5, 0.6) is 5.75 Å². The molecule has 0 amide bonds. The van der Waals surface area contributed by atoms with Crippen LogP contribution in [0.25, 0.3) is 0 Å². The maximum absolute atomic E-state index is 8.84. The van der Waals surface area contributed by atoms with Crippen LogP contribution in [0.4, 0.5) is 0 Å². The molecule has 0 radical (unpaired) electrons. The molecular formula is C13H21BO3. The lowest BCUT2D eigenvalue weighted by atomic mass is 9.95. The lowest BCUT2D eigenvalue weighted by molar-refractivity contribution is 0.286. The summed E-state index contributed by atoms with van der Waals surface area (Å²) in [4.78, 5) is 0. The maximum atomic E-state index is 8.84. The summed E-state index contributed by atoms with van der Waals surface area (Å²) in [5.74, 6) is 1.14. The van der Waals surface area contributed by atoms with E-state index in [-0.39, 0.29) is 0 Å². The van der Waals surface area contributed by atoms with E-state index in [2.05, 4.69) is 13.8 Å². The molecule has 0 spiro atoms. The van der Waals surface area contributed by atoms with E-state index in [0.717, 1.165) is 12.0 Å². The molecule has 3 nitrogen and oxygen atoms in total. The lowest BCUT2D eigenvalue weighted by Crippen LogP contribution is -2.21. The van der Waals surface area contributed by atoms with Gasteiger partial charge in [-0.05, 0) is 24.0 Å². The summed E-state index contributed by atoms with van der Waals surface area (Å²) >= 11 is 0. The number of hydrogen-bond acceptors (Lipinski definition) is 3. The Morgan fingerprint density at radius 3 is 2.65 bits per heavy atom. The van der Waals surface area contributed by atoms with Crippen molar-refractivity contribution in [3.8, 4) is 5.75 Å². The van der Waals surface area contributed by atoms with Crippen molar-refractivity contribution >= 4 is 7.32 Å². The Kier molecular flexibility index (Phi) is 6.09. The van der Waals surface area contributed by atoms with Crippen LogP contribution in [-0.2, 0) is 6.42 Å². The van der Waals surface area contributed by atoms with Gasteiger partial charge in [-0.15, -0.1) is 0 Å². The van der Waals surface area contributed by atoms with Crippen LogP contribution in [0.2, 0.25) is 0 Å². The van der Waals surface area contributed by atoms with Crippen LogP contribution in [0.15, 0.2) is 24.3 Å². The van der Waals surface area contributed by atoms with E-state index >= 15 is 0 Å². The first-order chi connectivity index (χ1) is 8.13. The molecule has 2 N–H and O–H groups in total. The molecule has 0 aliphatic carbocycles. The van der Waals surface area contributed by atoms with Gasteiger partial charge in [-0.2, -0.15) is 0 Å². The smallest absolute Gasteiger partial charge is 0.512 e. The first kappa shape index (κ1) is 14.1. The Morgan fingerprint density at radius 1 is 1.29 bits per heavy atom. The molecule has 17 heavy (non-hydrogen) atoms. The standard InChI is InChI=1S/C13H21BO3/c1-3-4-7-11(2)10-12-8-5-6-9-13(12)17-14(15)16/h5-6,8-9,11,15-16H,3-4,7,10H2,1-2H3. The van der Waals surface area contributed by atoms with Gasteiger partial charge in [0, 0.05) is 0 Å². The monoisotopic (exact) mass is 236 g/mol. The normalized spacial score (nSPS) is 12.2. The molecule has 1 atom stereocenters. The minimum absolute atomic E-state index is 0.561. The van der Waals surface area contributed by atoms with Gasteiger partial charge in [-0.25, -0.2) is 0 Å². The SMILES string of the molecule is CCCCC(C)Cc1ccccc1OB(O)O. The number of hydrogen-bond donors (Lipinski definition) is 2. The molecular weight excluding hydrogens is 215 g/mol. The molecule has 1 unspecified atom stereocenters. The summed E-state index contributed by atoms with van der Waals surface area (Å²) in [5, 5.41) is 17.7. The fraction of sp³-hybridized carbons (Fsp3) is 0.538. The molecule has 1 aromatic carbocycles. The summed E-state index contributed by atoms with van der Waals surface area (Å²) < 4.78 is 4.96. The average molecular weight is 236 g/mol. The Labute approximate surface area is 104 Å². The Bertz CT molecular complexity index is 328. The van der Waals surface area contributed by atoms with Gasteiger partial charge in [-0.1, -0.05) is 51.3 Å². The molecule has 0 aliphatic rings. The van der Waals surface area contributed by atoms with Crippen LogP contribution < -0.4 is 4.65 Å². The van der Waals surface area contributed by atoms with E-state index in [9.17, 15) is 0 Å². The number of benzene rings is 1. The van der Waals surface area contributed by atoms with Crippen LogP contribution >= 0.6 is 0 Å². The van der Waals surface area contributed by atoms with Gasteiger partial charge in [0.1, 0.15) is 5.75 Å². The predicted octanol–water partition coefficient (Wildman–Crippen LogP) is 2.40. The largest absolute Gasteiger partial charge is 0.707 e. The molecule has 4 heteroatoms. The Balaban J connectivity index is 2.62. The van der Waals surface area contributed by atoms with E-state index in [0.29, 0.717) is 11.7 Å². The van der Waals surface area contributed by atoms with Gasteiger partial charge < -0.3 is 14.7 Å². The minimum atomic E-state index is -1.75. The van der Waals surface area contributed by atoms with E-state index in [1.54, 1.807) is 6.07 Å². The van der Waals surface area contributed by atoms with Crippen molar-refractivity contribution in [1.82, 2.24) is 0 Å². The van der Waals surface area contributed by atoms with Crippen molar-refractivity contribution in [2.45, 2.75) is 39.5 Å². The van der Waals surface area contributed by atoms with E-state index in [4.69, 9.17) is 14.7 Å². The molecule has 1 rings (SSSR count). The third-order valence-corrected chi connectivity index (χ3v) is 2.82. The molecule has 0 heterocycles. The third-order valence-electron chi connectivity index (χ3n) is 2.82. The van der Waals surface area contributed by atoms with Crippen molar-refractivity contribution in [3.63, 3.8) is 0 Å². The highest BCUT2D eigenvalue weighted by Crippen LogP contribution is 2.23. The van der Waals surface area contributed by atoms with Gasteiger partial charge in [0.2, 0.25) is 0 Å². The van der Waals surface area contributed by atoms with E-state index < -0.39 is 7.32 Å². The second-order valence-corrected chi connectivity index (χ2v) is 4.50. The topological polar surface area (TPSA) is 49.7 Å². The minimum Gasteiger partial charge on any atom is -0.512 e. The van der Waals surface area contributed by atoms with E-state index in [1.165, 1.54) is 19.3 Å². The lowest BCUT2D eigenvalue weighted by Gasteiger charge is -2.15. The first-order valence-electron chi connectivity index (χ1n) is 6.24. The van der Waals surface area contributed by atoms with Gasteiger partial charge in [-0.3, -0.25) is 0 Å². The summed E-state index contributed by atoms with van der Waals surface area (Å²) in [7, 11) is -1.75. The molecule has 94 valence electrons. The summed E-state index contributed by atoms with van der Waals surface area (Å²) in [6.45, 7) is 4.40. The first-order valence-corrected chi connectivity index (χ1v) is 6.24. The van der Waals surface area contributed by atoms with Gasteiger partial charge in [0.05, 0.1) is 0 Å². The molecule has 0 aromatic heterocycles. The fourth-order valence-electron chi connectivity index (χ4n) is 1.93. The zero-order valence-corrected chi connectivity index (χ0v) is 10.6. The number of para-hydroxylation sites is 1. The molecule has 0 saturated carbocycles. The zero-order valence-electron chi connectivity index (χ0n) is 10.6. The van der Waals surface area contributed by atoms with Gasteiger partial charge in [0.25, 0.3) is 0 Å². The van der Waals surface area contributed by atoms with E-state index in [1.807, 2.05) is 18.2 Å². The van der Waals surface area contributed by atoms with Crippen molar-refractivity contribution < 1.29 is 14.7 Å². The van der Waals surface area contributed by atoms with Crippen LogP contribution in [0.1, 0.15) is 38.7 Å². The van der Waals surface area contributed by atoms with Crippen molar-refractivity contribution in [2.24, 2.45) is 5.92 Å². The maximum Gasteiger partial charge on any atom is 0.707 e. The molecule has 1 aromatic rings. The highest BCUT2D eigenvalue weighted by atomic mass is 16.6. The summed E-state index contributed by atoms with van der Waals surface area (Å²) in [6.07, 6.45) is 4.53. The summed E-state index contributed by atoms with van der Waals surface area (Å²) in [6, 6.07) is 7.51. The van der Waals surface area contributed by atoms with Crippen LogP contribution in [-0.4, -0.2) is 17.4 Å². The second kappa shape index (κ2) is 7.35. The fourth-order valence-corrected chi connectivity index (χ4v) is 1.93. The average Bonchev–Trinajstić information content (AvgIpc) is 2.28.